The maximum absolute atomic E-state index is 14.2. The monoisotopic (exact) mass is 560 g/mol. The summed E-state index contributed by atoms with van der Waals surface area (Å²) in [5.41, 5.74) is 6.88. The Kier molecular flexibility index (Phi) is 6.83. The highest BCUT2D eigenvalue weighted by Crippen LogP contribution is 2.32. The third kappa shape index (κ3) is 4.66. The van der Waals surface area contributed by atoms with Crippen molar-refractivity contribution >= 4 is 39.9 Å². The zero-order chi connectivity index (χ0) is 28.8. The summed E-state index contributed by atoms with van der Waals surface area (Å²) in [5.74, 6) is 0.0997. The second-order valence-electron chi connectivity index (χ2n) is 10.8. The van der Waals surface area contributed by atoms with Crippen LogP contribution >= 0.6 is 11.3 Å². The quantitative estimate of drug-likeness (QED) is 0.295. The van der Waals surface area contributed by atoms with E-state index in [0.29, 0.717) is 32.2 Å². The van der Waals surface area contributed by atoms with Crippen molar-refractivity contribution in [1.29, 1.82) is 0 Å². The highest BCUT2D eigenvalue weighted by molar-refractivity contribution is 7.07. The Hall–Kier alpha value is -4.49. The van der Waals surface area contributed by atoms with Crippen LogP contribution in [-0.2, 0) is 11.8 Å². The van der Waals surface area contributed by atoms with Crippen LogP contribution in [0.5, 0.6) is 0 Å². The molecule has 0 saturated carbocycles. The number of hydrogen-bond donors (Lipinski definition) is 1. The standard InChI is InChI=1S/C34H32N4O2S/c1-20(2)23-15-17-24(18-16-23)31-30(32(39)36-25-11-7-6-8-12-25)21(3)35-34-38(31)33(40)29(41-34)19-27-22(4)37(5)28-14-10-9-13-26(27)28/h6-20,31H,1-5H3,(H,36,39)/b29-19-/t31-/m0/s1. The fourth-order valence-corrected chi connectivity index (χ4v) is 6.60. The highest BCUT2D eigenvalue weighted by atomic mass is 32.1. The molecule has 3 aromatic carbocycles. The lowest BCUT2D eigenvalue weighted by atomic mass is 9.93. The van der Waals surface area contributed by atoms with E-state index in [2.05, 4.69) is 54.9 Å². The molecule has 0 saturated heterocycles. The third-order valence-corrected chi connectivity index (χ3v) is 8.92. The molecule has 41 heavy (non-hydrogen) atoms. The van der Waals surface area contributed by atoms with Crippen LogP contribution in [0.1, 0.15) is 55.1 Å². The van der Waals surface area contributed by atoms with Crippen LogP contribution in [0.15, 0.2) is 99.9 Å². The van der Waals surface area contributed by atoms with E-state index in [-0.39, 0.29) is 11.5 Å². The summed E-state index contributed by atoms with van der Waals surface area (Å²) in [6.45, 7) is 8.21. The van der Waals surface area contributed by atoms with Gasteiger partial charge in [0.25, 0.3) is 11.5 Å². The number of allylic oxidation sites excluding steroid dienone is 1. The number of aromatic nitrogens is 2. The van der Waals surface area contributed by atoms with Gasteiger partial charge >= 0.3 is 0 Å². The molecule has 206 valence electrons. The van der Waals surface area contributed by atoms with Crippen LogP contribution in [-0.4, -0.2) is 15.0 Å². The predicted molar refractivity (Wildman–Crippen MR) is 167 cm³/mol. The summed E-state index contributed by atoms with van der Waals surface area (Å²) in [6.07, 6.45) is 1.98. The molecule has 0 fully saturated rings. The van der Waals surface area contributed by atoms with E-state index in [4.69, 9.17) is 4.99 Å². The molecule has 1 aliphatic heterocycles. The Morgan fingerprint density at radius 1 is 0.976 bits per heavy atom. The summed E-state index contributed by atoms with van der Waals surface area (Å²) in [4.78, 5) is 33.4. The van der Waals surface area contributed by atoms with Crippen LogP contribution in [0.3, 0.4) is 0 Å². The number of nitrogens with one attached hydrogen (secondary N) is 1. The lowest BCUT2D eigenvalue weighted by molar-refractivity contribution is -0.113. The van der Waals surface area contributed by atoms with Gasteiger partial charge in [-0.1, -0.05) is 85.8 Å². The van der Waals surface area contributed by atoms with Crippen molar-refractivity contribution in [3.63, 3.8) is 0 Å². The fraction of sp³-hybridized carbons (Fsp3) is 0.206. The number of amides is 1. The van der Waals surface area contributed by atoms with Gasteiger partial charge in [0.2, 0.25) is 0 Å². The molecule has 3 heterocycles. The highest BCUT2D eigenvalue weighted by Gasteiger charge is 2.32. The van der Waals surface area contributed by atoms with Gasteiger partial charge in [0, 0.05) is 34.9 Å². The van der Waals surface area contributed by atoms with E-state index in [9.17, 15) is 9.59 Å². The first kappa shape index (κ1) is 26.7. The summed E-state index contributed by atoms with van der Waals surface area (Å²) in [6, 6.07) is 25.2. The van der Waals surface area contributed by atoms with Gasteiger partial charge in [-0.3, -0.25) is 14.2 Å². The summed E-state index contributed by atoms with van der Waals surface area (Å²) < 4.78 is 4.42. The van der Waals surface area contributed by atoms with Gasteiger partial charge in [-0.2, -0.15) is 0 Å². The van der Waals surface area contributed by atoms with Gasteiger partial charge < -0.3 is 9.88 Å². The molecule has 6 rings (SSSR count). The van der Waals surface area contributed by atoms with Crippen LogP contribution in [0.25, 0.3) is 17.0 Å². The first-order valence-electron chi connectivity index (χ1n) is 13.8. The van der Waals surface area contributed by atoms with Crippen molar-refractivity contribution in [3.8, 4) is 0 Å². The summed E-state index contributed by atoms with van der Waals surface area (Å²) in [7, 11) is 2.04. The number of para-hydroxylation sites is 2. The van der Waals surface area contributed by atoms with E-state index < -0.39 is 6.04 Å². The van der Waals surface area contributed by atoms with E-state index in [1.165, 1.54) is 16.9 Å². The van der Waals surface area contributed by atoms with Gasteiger partial charge in [-0.15, -0.1) is 0 Å². The van der Waals surface area contributed by atoms with Crippen molar-refractivity contribution in [1.82, 2.24) is 9.13 Å². The minimum atomic E-state index is -0.605. The van der Waals surface area contributed by atoms with Gasteiger partial charge in [0.15, 0.2) is 4.80 Å². The van der Waals surface area contributed by atoms with Crippen molar-refractivity contribution < 1.29 is 4.79 Å². The smallest absolute Gasteiger partial charge is 0.271 e. The zero-order valence-electron chi connectivity index (χ0n) is 23.8. The topological polar surface area (TPSA) is 68.4 Å². The van der Waals surface area contributed by atoms with Crippen molar-refractivity contribution in [3.05, 3.63) is 132 Å². The molecular weight excluding hydrogens is 528 g/mol. The van der Waals surface area contributed by atoms with Crippen LogP contribution < -0.4 is 20.2 Å². The predicted octanol–water partition coefficient (Wildman–Crippen LogP) is 5.80. The Labute approximate surface area is 242 Å². The van der Waals surface area contributed by atoms with Crippen LogP contribution in [0, 0.1) is 6.92 Å². The molecule has 0 unspecified atom stereocenters. The van der Waals surface area contributed by atoms with E-state index in [0.717, 1.165) is 27.7 Å². The zero-order valence-corrected chi connectivity index (χ0v) is 24.6. The molecule has 7 heteroatoms. The van der Waals surface area contributed by atoms with Crippen LogP contribution in [0.4, 0.5) is 5.69 Å². The molecule has 5 aromatic rings. The van der Waals surface area contributed by atoms with E-state index in [1.807, 2.05) is 74.6 Å². The van der Waals surface area contributed by atoms with Crippen molar-refractivity contribution in [2.75, 3.05) is 5.32 Å². The molecule has 1 aliphatic rings. The number of hydrogen-bond acceptors (Lipinski definition) is 4. The second kappa shape index (κ2) is 10.5. The Bertz CT molecular complexity index is 2010. The normalized spacial score (nSPS) is 15.4. The van der Waals surface area contributed by atoms with Crippen LogP contribution in [0.2, 0.25) is 0 Å². The molecular formula is C34H32N4O2S. The summed E-state index contributed by atoms with van der Waals surface area (Å²) in [5, 5.41) is 4.11. The molecule has 0 radical (unpaired) electrons. The third-order valence-electron chi connectivity index (χ3n) is 7.94. The molecule has 2 aromatic heterocycles. The number of rotatable bonds is 5. The average molecular weight is 561 g/mol. The Balaban J connectivity index is 1.54. The second-order valence-corrected chi connectivity index (χ2v) is 11.8. The minimum Gasteiger partial charge on any atom is -0.347 e. The number of thiazole rings is 1. The largest absolute Gasteiger partial charge is 0.347 e. The van der Waals surface area contributed by atoms with E-state index in [1.54, 1.807) is 4.57 Å². The molecule has 1 amide bonds. The average Bonchev–Trinajstić information content (AvgIpc) is 3.41. The maximum atomic E-state index is 14.2. The molecule has 0 aliphatic carbocycles. The van der Waals surface area contributed by atoms with Gasteiger partial charge in [0.1, 0.15) is 0 Å². The number of carbonyl (C=O) groups excluding carboxylic acids is 1. The molecule has 1 atom stereocenters. The first-order chi connectivity index (χ1) is 19.7. The summed E-state index contributed by atoms with van der Waals surface area (Å²) >= 11 is 1.36. The number of benzene rings is 3. The number of fused-ring (bicyclic) bond motifs is 2. The van der Waals surface area contributed by atoms with Crippen molar-refractivity contribution in [2.45, 2.75) is 39.7 Å². The Morgan fingerprint density at radius 3 is 2.37 bits per heavy atom. The number of aryl methyl sites for hydroxylation is 1. The fourth-order valence-electron chi connectivity index (χ4n) is 5.57. The maximum Gasteiger partial charge on any atom is 0.271 e. The molecule has 1 N–H and O–H groups in total. The molecule has 0 bridgehead atoms. The number of nitrogens with zero attached hydrogens (tertiary/aromatic N) is 3. The Morgan fingerprint density at radius 2 is 1.66 bits per heavy atom. The van der Waals surface area contributed by atoms with E-state index >= 15 is 0 Å². The van der Waals surface area contributed by atoms with Crippen molar-refractivity contribution in [2.24, 2.45) is 12.0 Å². The minimum absolute atomic E-state index is 0.156. The number of anilines is 1. The lowest BCUT2D eigenvalue weighted by Gasteiger charge is -2.25. The van der Waals surface area contributed by atoms with Gasteiger partial charge in [-0.25, -0.2) is 4.99 Å². The SMILES string of the molecule is CC1=C(C(=O)Nc2ccccc2)[C@H](c2ccc(C(C)C)cc2)n2c(s/c(=C\c3c(C)n(C)c4ccccc34)c2=O)=N1. The first-order valence-corrected chi connectivity index (χ1v) is 14.6. The van der Waals surface area contributed by atoms with Gasteiger partial charge in [-0.05, 0) is 55.2 Å². The van der Waals surface area contributed by atoms with Gasteiger partial charge in [0.05, 0.1) is 21.8 Å². The molecule has 0 spiro atoms. The molecule has 6 nitrogen and oxygen atoms in total. The number of carbonyl (C=O) groups is 1. The lowest BCUT2D eigenvalue weighted by Crippen LogP contribution is -2.40.